The summed E-state index contributed by atoms with van der Waals surface area (Å²) in [6.07, 6.45) is 0. The van der Waals surface area contributed by atoms with Crippen molar-refractivity contribution >= 4 is 46.1 Å². The van der Waals surface area contributed by atoms with Crippen molar-refractivity contribution in [2.75, 3.05) is 28.2 Å². The summed E-state index contributed by atoms with van der Waals surface area (Å²) in [5.41, 5.74) is 2.36. The number of nitrogens with zero attached hydrogens (tertiary/aromatic N) is 2. The number of halogens is 2. The average Bonchev–Trinajstić information content (AvgIpc) is 3.06. The Labute approximate surface area is 197 Å². The van der Waals surface area contributed by atoms with Crippen LogP contribution in [0.3, 0.4) is 0 Å². The largest absolute Gasteiger partial charge is 0.372 e. The minimum Gasteiger partial charge on any atom is -0.372 e. The number of para-hydroxylation sites is 1. The fourth-order valence-electron chi connectivity index (χ4n) is 3.87. The van der Waals surface area contributed by atoms with Crippen LogP contribution in [0.5, 0.6) is 0 Å². The van der Waals surface area contributed by atoms with Crippen molar-refractivity contribution < 1.29 is 14.0 Å². The number of amides is 2. The van der Waals surface area contributed by atoms with E-state index in [1.165, 1.54) is 18.2 Å². The van der Waals surface area contributed by atoms with Crippen molar-refractivity contribution in [3.63, 3.8) is 0 Å². The number of hydrogen-bond acceptors (Lipinski definition) is 4. The van der Waals surface area contributed by atoms with Crippen LogP contribution < -0.4 is 15.1 Å². The molecule has 7 heteroatoms. The molecular weight excluding hydrogens is 441 g/mol. The van der Waals surface area contributed by atoms with Crippen LogP contribution in [0.25, 0.3) is 5.57 Å². The molecule has 5 nitrogen and oxygen atoms in total. The molecule has 0 saturated carbocycles. The molecule has 0 bridgehead atoms. The maximum absolute atomic E-state index is 14.5. The van der Waals surface area contributed by atoms with Gasteiger partial charge in [0.2, 0.25) is 0 Å². The van der Waals surface area contributed by atoms with Crippen molar-refractivity contribution in [2.24, 2.45) is 0 Å². The van der Waals surface area contributed by atoms with Gasteiger partial charge in [-0.25, -0.2) is 9.29 Å². The first-order valence-corrected chi connectivity index (χ1v) is 11.1. The molecule has 0 atom stereocenters. The molecule has 33 heavy (non-hydrogen) atoms. The molecule has 0 aliphatic carbocycles. The first-order valence-electron chi connectivity index (χ1n) is 10.7. The first-order chi connectivity index (χ1) is 15.9. The van der Waals surface area contributed by atoms with Gasteiger partial charge in [0.1, 0.15) is 11.5 Å². The lowest BCUT2D eigenvalue weighted by Gasteiger charge is -2.21. The van der Waals surface area contributed by atoms with E-state index in [0.29, 0.717) is 16.3 Å². The number of carbonyl (C=O) groups excluding carboxylic acids is 2. The number of imide groups is 1. The van der Waals surface area contributed by atoms with Gasteiger partial charge in [-0.15, -0.1) is 0 Å². The van der Waals surface area contributed by atoms with Gasteiger partial charge in [0, 0.05) is 29.5 Å². The number of benzene rings is 3. The topological polar surface area (TPSA) is 52.7 Å². The van der Waals surface area contributed by atoms with Gasteiger partial charge >= 0.3 is 0 Å². The molecule has 1 heterocycles. The second kappa shape index (κ2) is 9.46. The van der Waals surface area contributed by atoms with Gasteiger partial charge in [0.25, 0.3) is 11.8 Å². The highest BCUT2D eigenvalue weighted by Gasteiger charge is 2.41. The Hall–Kier alpha value is -3.64. The fraction of sp³-hybridized carbons (Fsp3) is 0.154. The van der Waals surface area contributed by atoms with E-state index in [1.54, 1.807) is 30.3 Å². The van der Waals surface area contributed by atoms with Crippen molar-refractivity contribution in [3.8, 4) is 0 Å². The van der Waals surface area contributed by atoms with Gasteiger partial charge in [-0.2, -0.15) is 0 Å². The van der Waals surface area contributed by atoms with Gasteiger partial charge in [0.05, 0.1) is 11.3 Å². The van der Waals surface area contributed by atoms with E-state index in [9.17, 15) is 14.0 Å². The maximum Gasteiger partial charge on any atom is 0.282 e. The Morgan fingerprint density at radius 1 is 0.879 bits per heavy atom. The highest BCUT2D eigenvalue weighted by Crippen LogP contribution is 2.35. The highest BCUT2D eigenvalue weighted by atomic mass is 35.5. The van der Waals surface area contributed by atoms with Crippen LogP contribution >= 0.6 is 11.6 Å². The number of hydrogen-bond donors (Lipinski definition) is 1. The van der Waals surface area contributed by atoms with Crippen LogP contribution in [-0.4, -0.2) is 24.9 Å². The van der Waals surface area contributed by atoms with Crippen LogP contribution in [0.2, 0.25) is 5.02 Å². The predicted molar refractivity (Wildman–Crippen MR) is 131 cm³/mol. The molecule has 2 amide bonds. The Morgan fingerprint density at radius 3 is 2.12 bits per heavy atom. The van der Waals surface area contributed by atoms with Crippen LogP contribution in [0.4, 0.5) is 21.5 Å². The minimum absolute atomic E-state index is 0.0844. The van der Waals surface area contributed by atoms with E-state index in [-0.39, 0.29) is 17.0 Å². The van der Waals surface area contributed by atoms with Crippen molar-refractivity contribution in [3.05, 3.63) is 94.9 Å². The van der Waals surface area contributed by atoms with Crippen LogP contribution in [-0.2, 0) is 9.59 Å². The third-order valence-electron chi connectivity index (χ3n) is 5.58. The van der Waals surface area contributed by atoms with Crippen molar-refractivity contribution in [2.45, 2.75) is 13.8 Å². The number of carbonyl (C=O) groups is 2. The Kier molecular flexibility index (Phi) is 6.47. The van der Waals surface area contributed by atoms with Crippen LogP contribution in [0.1, 0.15) is 19.4 Å². The molecule has 0 aromatic heterocycles. The molecule has 0 unspecified atom stereocenters. The smallest absolute Gasteiger partial charge is 0.282 e. The molecule has 1 aliphatic rings. The molecule has 0 spiro atoms. The third kappa shape index (κ3) is 4.34. The maximum atomic E-state index is 14.5. The third-order valence-corrected chi connectivity index (χ3v) is 5.83. The molecule has 0 fully saturated rings. The van der Waals surface area contributed by atoms with E-state index in [4.69, 9.17) is 11.6 Å². The summed E-state index contributed by atoms with van der Waals surface area (Å²) in [6, 6.07) is 19.9. The van der Waals surface area contributed by atoms with E-state index in [0.717, 1.165) is 23.7 Å². The standard InChI is InChI=1S/C26H23ClFN3O2/c1-3-30(4-2)20-15-13-19(14-16-20)29-24-23(17-9-11-18(27)12-10-17)25(32)31(26(24)33)22-8-6-5-7-21(22)28/h5-16,29H,3-4H2,1-2H3. The van der Waals surface area contributed by atoms with E-state index < -0.39 is 17.6 Å². The second-order valence-electron chi connectivity index (χ2n) is 7.50. The number of anilines is 3. The zero-order chi connectivity index (χ0) is 23.5. The van der Waals surface area contributed by atoms with Gasteiger partial charge < -0.3 is 10.2 Å². The second-order valence-corrected chi connectivity index (χ2v) is 7.93. The molecule has 3 aromatic carbocycles. The van der Waals surface area contributed by atoms with E-state index in [2.05, 4.69) is 24.1 Å². The Bertz CT molecular complexity index is 1220. The van der Waals surface area contributed by atoms with Gasteiger partial charge in [0.15, 0.2) is 0 Å². The van der Waals surface area contributed by atoms with E-state index >= 15 is 0 Å². The molecule has 1 N–H and O–H groups in total. The molecule has 168 valence electrons. The van der Waals surface area contributed by atoms with Gasteiger partial charge in [-0.3, -0.25) is 9.59 Å². The van der Waals surface area contributed by atoms with E-state index in [1.807, 2.05) is 24.3 Å². The lowest BCUT2D eigenvalue weighted by molar-refractivity contribution is -0.120. The number of nitrogens with one attached hydrogen (secondary N) is 1. The normalized spacial score (nSPS) is 13.6. The quantitative estimate of drug-likeness (QED) is 0.455. The summed E-state index contributed by atoms with van der Waals surface area (Å²) in [4.78, 5) is 29.8. The fourth-order valence-corrected chi connectivity index (χ4v) is 4.00. The summed E-state index contributed by atoms with van der Waals surface area (Å²) < 4.78 is 14.5. The summed E-state index contributed by atoms with van der Waals surface area (Å²) >= 11 is 6.01. The summed E-state index contributed by atoms with van der Waals surface area (Å²) in [6.45, 7) is 5.91. The summed E-state index contributed by atoms with van der Waals surface area (Å²) in [5, 5.41) is 3.60. The minimum atomic E-state index is -0.653. The zero-order valence-corrected chi connectivity index (χ0v) is 19.1. The molecular formula is C26H23ClFN3O2. The highest BCUT2D eigenvalue weighted by molar-refractivity contribution is 6.46. The lowest BCUT2D eigenvalue weighted by Crippen LogP contribution is -2.33. The molecule has 0 radical (unpaired) electrons. The zero-order valence-electron chi connectivity index (χ0n) is 18.3. The summed E-state index contributed by atoms with van der Waals surface area (Å²) in [5.74, 6) is -1.88. The lowest BCUT2D eigenvalue weighted by atomic mass is 10.0. The van der Waals surface area contributed by atoms with Crippen molar-refractivity contribution in [1.29, 1.82) is 0 Å². The average molecular weight is 464 g/mol. The Morgan fingerprint density at radius 2 is 1.52 bits per heavy atom. The van der Waals surface area contributed by atoms with Gasteiger partial charge in [-0.1, -0.05) is 35.9 Å². The van der Waals surface area contributed by atoms with Crippen LogP contribution in [0, 0.1) is 5.82 Å². The van der Waals surface area contributed by atoms with Crippen LogP contribution in [0.15, 0.2) is 78.5 Å². The molecule has 4 rings (SSSR count). The monoisotopic (exact) mass is 463 g/mol. The molecule has 1 aliphatic heterocycles. The molecule has 0 saturated heterocycles. The van der Waals surface area contributed by atoms with Crippen molar-refractivity contribution in [1.82, 2.24) is 0 Å². The van der Waals surface area contributed by atoms with Gasteiger partial charge in [-0.05, 0) is 67.9 Å². The predicted octanol–water partition coefficient (Wildman–Crippen LogP) is 5.72. The molecule has 3 aromatic rings. The number of rotatable bonds is 7. The first kappa shape index (κ1) is 22.6. The SMILES string of the molecule is CCN(CC)c1ccc(NC2=C(c3ccc(Cl)cc3)C(=O)N(c3ccccc3F)C2=O)cc1. The Balaban J connectivity index is 1.75. The summed E-state index contributed by atoms with van der Waals surface area (Å²) in [7, 11) is 0.